The van der Waals surface area contributed by atoms with E-state index in [1.807, 2.05) is 31.2 Å². The molecule has 1 unspecified atom stereocenters. The van der Waals surface area contributed by atoms with Crippen molar-refractivity contribution in [2.24, 2.45) is 5.92 Å². The third kappa shape index (κ3) is 3.93. The van der Waals surface area contributed by atoms with Crippen LogP contribution in [0.4, 0.5) is 5.69 Å². The number of aryl methyl sites for hydroxylation is 1. The van der Waals surface area contributed by atoms with Crippen molar-refractivity contribution in [3.05, 3.63) is 58.5 Å². The molecular weight excluding hydrogens is 320 g/mol. The zero-order valence-corrected chi connectivity index (χ0v) is 14.0. The molecule has 130 valence electrons. The summed E-state index contributed by atoms with van der Waals surface area (Å²) in [6, 6.07) is 10.7. The summed E-state index contributed by atoms with van der Waals surface area (Å²) in [4.78, 5) is 37.7. The van der Waals surface area contributed by atoms with Gasteiger partial charge in [-0.25, -0.2) is 4.68 Å². The molecule has 1 aliphatic heterocycles. The largest absolute Gasteiger partial charge is 0.354 e. The molecule has 25 heavy (non-hydrogen) atoms. The van der Waals surface area contributed by atoms with Crippen molar-refractivity contribution < 1.29 is 9.59 Å². The van der Waals surface area contributed by atoms with Gasteiger partial charge in [0, 0.05) is 37.5 Å². The SMILES string of the molecule is Cc1ccc(N2CC(C(=O)NCCn3ncccc3=O)CC2=O)cc1. The first-order valence-corrected chi connectivity index (χ1v) is 8.21. The summed E-state index contributed by atoms with van der Waals surface area (Å²) < 4.78 is 1.29. The van der Waals surface area contributed by atoms with Crippen molar-refractivity contribution in [3.8, 4) is 0 Å². The summed E-state index contributed by atoms with van der Waals surface area (Å²) in [5.41, 5.74) is 1.72. The van der Waals surface area contributed by atoms with Crippen LogP contribution in [0.25, 0.3) is 0 Å². The molecule has 0 saturated carbocycles. The minimum absolute atomic E-state index is 0.0510. The van der Waals surface area contributed by atoms with E-state index in [1.165, 1.54) is 16.9 Å². The first kappa shape index (κ1) is 16.9. The van der Waals surface area contributed by atoms with Crippen LogP contribution in [0.1, 0.15) is 12.0 Å². The Kier molecular flexibility index (Phi) is 4.92. The molecule has 1 atom stereocenters. The molecule has 1 saturated heterocycles. The highest BCUT2D eigenvalue weighted by Crippen LogP contribution is 2.25. The Morgan fingerprint density at radius 2 is 2.00 bits per heavy atom. The molecule has 1 fully saturated rings. The second-order valence-electron chi connectivity index (χ2n) is 6.12. The van der Waals surface area contributed by atoms with Crippen molar-refractivity contribution in [1.82, 2.24) is 15.1 Å². The van der Waals surface area contributed by atoms with Crippen molar-refractivity contribution in [1.29, 1.82) is 0 Å². The highest BCUT2D eigenvalue weighted by Gasteiger charge is 2.34. The Labute approximate surface area is 145 Å². The van der Waals surface area contributed by atoms with Crippen LogP contribution in [-0.2, 0) is 16.1 Å². The van der Waals surface area contributed by atoms with E-state index >= 15 is 0 Å². The summed E-state index contributed by atoms with van der Waals surface area (Å²) in [6.07, 6.45) is 1.72. The molecule has 7 nitrogen and oxygen atoms in total. The number of amides is 2. The number of rotatable bonds is 5. The number of anilines is 1. The predicted molar refractivity (Wildman–Crippen MR) is 93.1 cm³/mol. The van der Waals surface area contributed by atoms with Gasteiger partial charge in [-0.1, -0.05) is 17.7 Å². The minimum atomic E-state index is -0.380. The van der Waals surface area contributed by atoms with Gasteiger partial charge < -0.3 is 10.2 Å². The zero-order valence-electron chi connectivity index (χ0n) is 14.0. The van der Waals surface area contributed by atoms with Crippen LogP contribution in [0.3, 0.4) is 0 Å². The Bertz CT molecular complexity index is 829. The van der Waals surface area contributed by atoms with Crippen LogP contribution in [0.5, 0.6) is 0 Å². The third-order valence-electron chi connectivity index (χ3n) is 4.25. The van der Waals surface area contributed by atoms with E-state index in [9.17, 15) is 14.4 Å². The van der Waals surface area contributed by atoms with E-state index in [0.717, 1.165) is 11.3 Å². The van der Waals surface area contributed by atoms with Gasteiger partial charge in [0.25, 0.3) is 5.56 Å². The van der Waals surface area contributed by atoms with Crippen LogP contribution in [-0.4, -0.2) is 34.7 Å². The Hall–Kier alpha value is -2.96. The quantitative estimate of drug-likeness (QED) is 0.869. The van der Waals surface area contributed by atoms with Gasteiger partial charge in [0.1, 0.15) is 0 Å². The summed E-state index contributed by atoms with van der Waals surface area (Å²) >= 11 is 0. The fourth-order valence-electron chi connectivity index (χ4n) is 2.84. The molecule has 7 heteroatoms. The van der Waals surface area contributed by atoms with E-state index in [4.69, 9.17) is 0 Å². The van der Waals surface area contributed by atoms with Gasteiger partial charge in [-0.2, -0.15) is 5.10 Å². The lowest BCUT2D eigenvalue weighted by molar-refractivity contribution is -0.126. The fraction of sp³-hybridized carbons (Fsp3) is 0.333. The lowest BCUT2D eigenvalue weighted by atomic mass is 10.1. The third-order valence-corrected chi connectivity index (χ3v) is 4.25. The maximum absolute atomic E-state index is 12.3. The van der Waals surface area contributed by atoms with Crippen molar-refractivity contribution >= 4 is 17.5 Å². The van der Waals surface area contributed by atoms with Crippen LogP contribution < -0.4 is 15.8 Å². The minimum Gasteiger partial charge on any atom is -0.354 e. The van der Waals surface area contributed by atoms with Crippen LogP contribution in [0.2, 0.25) is 0 Å². The number of benzene rings is 1. The first-order valence-electron chi connectivity index (χ1n) is 8.21. The smallest absolute Gasteiger partial charge is 0.266 e. The monoisotopic (exact) mass is 340 g/mol. The lowest BCUT2D eigenvalue weighted by Crippen LogP contribution is -2.36. The van der Waals surface area contributed by atoms with Crippen LogP contribution >= 0.6 is 0 Å². The second-order valence-corrected chi connectivity index (χ2v) is 6.12. The number of nitrogens with one attached hydrogen (secondary N) is 1. The van der Waals surface area contributed by atoms with Crippen molar-refractivity contribution in [2.45, 2.75) is 19.9 Å². The van der Waals surface area contributed by atoms with Gasteiger partial charge in [0.15, 0.2) is 0 Å². The summed E-state index contributed by atoms with van der Waals surface area (Å²) in [7, 11) is 0. The molecule has 0 aliphatic carbocycles. The molecule has 1 aliphatic rings. The summed E-state index contributed by atoms with van der Waals surface area (Å²) in [5.74, 6) is -0.605. The molecule has 0 radical (unpaired) electrons. The molecule has 0 bridgehead atoms. The maximum atomic E-state index is 12.3. The Balaban J connectivity index is 1.55. The maximum Gasteiger partial charge on any atom is 0.266 e. The predicted octanol–water partition coefficient (Wildman–Crippen LogP) is 0.721. The van der Waals surface area contributed by atoms with Gasteiger partial charge in [0.05, 0.1) is 12.5 Å². The van der Waals surface area contributed by atoms with Gasteiger partial charge in [-0.15, -0.1) is 0 Å². The molecule has 1 aromatic heterocycles. The van der Waals surface area contributed by atoms with Crippen molar-refractivity contribution in [3.63, 3.8) is 0 Å². The number of hydrogen-bond donors (Lipinski definition) is 1. The molecule has 3 rings (SSSR count). The van der Waals surface area contributed by atoms with E-state index in [1.54, 1.807) is 11.0 Å². The number of carbonyl (C=O) groups is 2. The van der Waals surface area contributed by atoms with E-state index in [0.29, 0.717) is 19.6 Å². The lowest BCUT2D eigenvalue weighted by Gasteiger charge is -2.17. The molecule has 2 heterocycles. The standard InChI is InChI=1S/C18H20N4O3/c1-13-4-6-15(7-5-13)21-12-14(11-17(21)24)18(25)19-9-10-22-16(23)3-2-8-20-22/h2-8,14H,9-12H2,1H3,(H,19,25). The second kappa shape index (κ2) is 7.29. The Morgan fingerprint density at radius 3 is 2.72 bits per heavy atom. The molecule has 2 amide bonds. The summed E-state index contributed by atoms with van der Waals surface area (Å²) in [5, 5.41) is 6.72. The van der Waals surface area contributed by atoms with Gasteiger partial charge >= 0.3 is 0 Å². The number of carbonyl (C=O) groups excluding carboxylic acids is 2. The fourth-order valence-corrected chi connectivity index (χ4v) is 2.84. The molecule has 1 aromatic carbocycles. The van der Waals surface area contributed by atoms with E-state index < -0.39 is 0 Å². The highest BCUT2D eigenvalue weighted by atomic mass is 16.2. The highest BCUT2D eigenvalue weighted by molar-refractivity contribution is 6.00. The molecule has 0 spiro atoms. The normalized spacial score (nSPS) is 16.9. The van der Waals surface area contributed by atoms with Crippen LogP contribution in [0, 0.1) is 12.8 Å². The molecule has 1 N–H and O–H groups in total. The van der Waals surface area contributed by atoms with Gasteiger partial charge in [-0.3, -0.25) is 14.4 Å². The average molecular weight is 340 g/mol. The van der Waals surface area contributed by atoms with Crippen molar-refractivity contribution in [2.75, 3.05) is 18.0 Å². The topological polar surface area (TPSA) is 84.3 Å². The molecular formula is C18H20N4O3. The van der Waals surface area contributed by atoms with Gasteiger partial charge in [0.2, 0.25) is 11.8 Å². The summed E-state index contributed by atoms with van der Waals surface area (Å²) in [6.45, 7) is 2.95. The van der Waals surface area contributed by atoms with E-state index in [-0.39, 0.29) is 29.7 Å². The number of aromatic nitrogens is 2. The average Bonchev–Trinajstić information content (AvgIpc) is 2.99. The van der Waals surface area contributed by atoms with Gasteiger partial charge in [-0.05, 0) is 25.1 Å². The number of nitrogens with zero attached hydrogens (tertiary/aromatic N) is 3. The van der Waals surface area contributed by atoms with Crippen LogP contribution in [0.15, 0.2) is 47.4 Å². The number of hydrogen-bond acceptors (Lipinski definition) is 4. The zero-order chi connectivity index (χ0) is 17.8. The molecule has 2 aromatic rings. The Morgan fingerprint density at radius 1 is 1.24 bits per heavy atom. The first-order chi connectivity index (χ1) is 12.0. The van der Waals surface area contributed by atoms with E-state index in [2.05, 4.69) is 10.4 Å².